The van der Waals surface area contributed by atoms with Gasteiger partial charge in [0.2, 0.25) is 5.91 Å². The van der Waals surface area contributed by atoms with E-state index < -0.39 is 0 Å². The molecule has 0 aliphatic rings. The molecule has 6 heteroatoms. The van der Waals surface area contributed by atoms with Crippen molar-refractivity contribution in [3.05, 3.63) is 58.6 Å². The number of nitrogens with one attached hydrogen (secondary N) is 1. The first-order valence-electron chi connectivity index (χ1n) is 7.99. The minimum atomic E-state index is -0.211. The Balaban J connectivity index is 1.85. The standard InChI is InChI=1S/C19H20ClNO4/c1-2-25-18-11-14(6-7-17(18)23)16(22)8-9-19(24)21-12-13-4-3-5-15(20)10-13/h3-7,10-11,23H,2,8-9,12H2,1H3,(H,21,24). The van der Waals surface area contributed by atoms with Gasteiger partial charge in [0.25, 0.3) is 0 Å². The molecule has 0 spiro atoms. The van der Waals surface area contributed by atoms with Gasteiger partial charge in [0.05, 0.1) is 6.61 Å². The van der Waals surface area contributed by atoms with Crippen molar-refractivity contribution >= 4 is 23.3 Å². The van der Waals surface area contributed by atoms with Crippen molar-refractivity contribution in [3.63, 3.8) is 0 Å². The van der Waals surface area contributed by atoms with Gasteiger partial charge in [0, 0.05) is 30.0 Å². The van der Waals surface area contributed by atoms with Gasteiger partial charge in [-0.05, 0) is 42.8 Å². The van der Waals surface area contributed by atoms with Gasteiger partial charge in [-0.25, -0.2) is 0 Å². The molecule has 2 N–H and O–H groups in total. The van der Waals surface area contributed by atoms with Crippen molar-refractivity contribution in [2.45, 2.75) is 26.3 Å². The van der Waals surface area contributed by atoms with Gasteiger partial charge in [0.15, 0.2) is 17.3 Å². The van der Waals surface area contributed by atoms with Crippen LogP contribution in [0.3, 0.4) is 0 Å². The van der Waals surface area contributed by atoms with Crippen LogP contribution in [0.25, 0.3) is 0 Å². The summed E-state index contributed by atoms with van der Waals surface area (Å²) in [6, 6.07) is 11.6. The number of rotatable bonds is 8. The number of halogens is 1. The van der Waals surface area contributed by atoms with E-state index in [2.05, 4.69) is 5.32 Å². The first kappa shape index (κ1) is 18.8. The quantitative estimate of drug-likeness (QED) is 0.702. The molecule has 0 saturated carbocycles. The molecule has 0 fully saturated rings. The number of ketones is 1. The van der Waals surface area contributed by atoms with E-state index >= 15 is 0 Å². The lowest BCUT2D eigenvalue weighted by atomic mass is 10.1. The van der Waals surface area contributed by atoms with E-state index in [4.69, 9.17) is 16.3 Å². The van der Waals surface area contributed by atoms with Crippen LogP contribution in [0, 0.1) is 0 Å². The number of carbonyl (C=O) groups is 2. The Bertz CT molecular complexity index is 761. The van der Waals surface area contributed by atoms with Gasteiger partial charge in [-0.3, -0.25) is 9.59 Å². The summed E-state index contributed by atoms with van der Waals surface area (Å²) in [5, 5.41) is 13.0. The molecular formula is C19H20ClNO4. The molecule has 2 rings (SSSR count). The zero-order valence-electron chi connectivity index (χ0n) is 13.9. The van der Waals surface area contributed by atoms with Crippen molar-refractivity contribution in [1.82, 2.24) is 5.32 Å². The van der Waals surface area contributed by atoms with Crippen LogP contribution in [0.5, 0.6) is 11.5 Å². The predicted molar refractivity (Wildman–Crippen MR) is 96.1 cm³/mol. The second-order valence-corrected chi connectivity index (χ2v) is 5.88. The van der Waals surface area contributed by atoms with E-state index in [0.29, 0.717) is 23.7 Å². The summed E-state index contributed by atoms with van der Waals surface area (Å²) >= 11 is 5.89. The van der Waals surface area contributed by atoms with Crippen LogP contribution in [-0.4, -0.2) is 23.4 Å². The Hall–Kier alpha value is -2.53. The highest BCUT2D eigenvalue weighted by atomic mass is 35.5. The van der Waals surface area contributed by atoms with Gasteiger partial charge in [-0.15, -0.1) is 0 Å². The highest BCUT2D eigenvalue weighted by Gasteiger charge is 2.12. The molecule has 5 nitrogen and oxygen atoms in total. The fraction of sp³-hybridized carbons (Fsp3) is 0.263. The molecule has 0 radical (unpaired) electrons. The number of benzene rings is 2. The number of Topliss-reactive ketones (excluding diaryl/α,β-unsaturated/α-hetero) is 1. The molecule has 0 aliphatic carbocycles. The topological polar surface area (TPSA) is 75.6 Å². The molecule has 0 aromatic heterocycles. The second kappa shape index (κ2) is 9.08. The van der Waals surface area contributed by atoms with Crippen LogP contribution in [0.1, 0.15) is 35.7 Å². The van der Waals surface area contributed by atoms with Crippen molar-refractivity contribution in [2.75, 3.05) is 6.61 Å². The molecule has 0 aliphatic heterocycles. The Labute approximate surface area is 151 Å². The molecule has 0 heterocycles. The molecule has 25 heavy (non-hydrogen) atoms. The van der Waals surface area contributed by atoms with Crippen LogP contribution >= 0.6 is 11.6 Å². The van der Waals surface area contributed by atoms with E-state index in [1.54, 1.807) is 19.1 Å². The maximum atomic E-state index is 12.2. The largest absolute Gasteiger partial charge is 0.504 e. The molecule has 0 saturated heterocycles. The van der Waals surface area contributed by atoms with E-state index in [1.807, 2.05) is 12.1 Å². The van der Waals surface area contributed by atoms with E-state index in [0.717, 1.165) is 5.56 Å². The van der Waals surface area contributed by atoms with Crippen LogP contribution in [-0.2, 0) is 11.3 Å². The van der Waals surface area contributed by atoms with E-state index in [9.17, 15) is 14.7 Å². The summed E-state index contributed by atoms with van der Waals surface area (Å²) in [5.74, 6) is -0.146. The fourth-order valence-electron chi connectivity index (χ4n) is 2.27. The lowest BCUT2D eigenvalue weighted by Gasteiger charge is -2.08. The first-order valence-corrected chi connectivity index (χ1v) is 8.37. The summed E-state index contributed by atoms with van der Waals surface area (Å²) in [7, 11) is 0. The number of carbonyl (C=O) groups excluding carboxylic acids is 2. The highest BCUT2D eigenvalue weighted by molar-refractivity contribution is 6.30. The van der Waals surface area contributed by atoms with Gasteiger partial charge in [-0.1, -0.05) is 23.7 Å². The Morgan fingerprint density at radius 2 is 1.96 bits per heavy atom. The molecule has 2 aromatic carbocycles. The number of amides is 1. The lowest BCUT2D eigenvalue weighted by molar-refractivity contribution is -0.121. The minimum Gasteiger partial charge on any atom is -0.504 e. The highest BCUT2D eigenvalue weighted by Crippen LogP contribution is 2.27. The summed E-state index contributed by atoms with van der Waals surface area (Å²) in [6.07, 6.45) is 0.169. The summed E-state index contributed by atoms with van der Waals surface area (Å²) in [5.41, 5.74) is 1.30. The second-order valence-electron chi connectivity index (χ2n) is 5.45. The number of aromatic hydroxyl groups is 1. The number of phenols is 1. The third kappa shape index (κ3) is 5.80. The third-order valence-electron chi connectivity index (χ3n) is 3.54. The summed E-state index contributed by atoms with van der Waals surface area (Å²) < 4.78 is 5.26. The maximum absolute atomic E-state index is 12.2. The molecule has 2 aromatic rings. The average molecular weight is 362 g/mol. The minimum absolute atomic E-state index is 0.0161. The number of hydrogen-bond donors (Lipinski definition) is 2. The van der Waals surface area contributed by atoms with Gasteiger partial charge >= 0.3 is 0 Å². The van der Waals surface area contributed by atoms with Crippen LogP contribution in [0.4, 0.5) is 0 Å². The van der Waals surface area contributed by atoms with Crippen molar-refractivity contribution in [3.8, 4) is 11.5 Å². The fourth-order valence-corrected chi connectivity index (χ4v) is 2.48. The summed E-state index contributed by atoms with van der Waals surface area (Å²) in [6.45, 7) is 2.54. The molecular weight excluding hydrogens is 342 g/mol. The predicted octanol–water partition coefficient (Wildman–Crippen LogP) is 3.72. The average Bonchev–Trinajstić information content (AvgIpc) is 2.60. The zero-order valence-corrected chi connectivity index (χ0v) is 14.7. The molecule has 132 valence electrons. The van der Waals surface area contributed by atoms with Gasteiger partial charge < -0.3 is 15.2 Å². The van der Waals surface area contributed by atoms with Gasteiger partial charge in [-0.2, -0.15) is 0 Å². The van der Waals surface area contributed by atoms with Crippen LogP contribution < -0.4 is 10.1 Å². The Morgan fingerprint density at radius 3 is 2.68 bits per heavy atom. The maximum Gasteiger partial charge on any atom is 0.220 e. The SMILES string of the molecule is CCOc1cc(C(=O)CCC(=O)NCc2cccc(Cl)c2)ccc1O. The van der Waals surface area contributed by atoms with Gasteiger partial charge in [0.1, 0.15) is 0 Å². The van der Waals surface area contributed by atoms with E-state index in [1.165, 1.54) is 18.2 Å². The zero-order chi connectivity index (χ0) is 18.2. The summed E-state index contributed by atoms with van der Waals surface area (Å²) in [4.78, 5) is 24.1. The molecule has 0 bridgehead atoms. The molecule has 0 atom stereocenters. The lowest BCUT2D eigenvalue weighted by Crippen LogP contribution is -2.23. The molecule has 1 amide bonds. The normalized spacial score (nSPS) is 10.3. The van der Waals surface area contributed by atoms with E-state index in [-0.39, 0.29) is 36.0 Å². The molecule has 0 unspecified atom stereocenters. The number of phenolic OH excluding ortho intramolecular Hbond substituents is 1. The van der Waals surface area contributed by atoms with Crippen molar-refractivity contribution < 1.29 is 19.4 Å². The monoisotopic (exact) mass is 361 g/mol. The van der Waals surface area contributed by atoms with Crippen molar-refractivity contribution in [2.24, 2.45) is 0 Å². The third-order valence-corrected chi connectivity index (χ3v) is 3.77. The number of ether oxygens (including phenoxy) is 1. The number of hydrogen-bond acceptors (Lipinski definition) is 4. The smallest absolute Gasteiger partial charge is 0.220 e. The van der Waals surface area contributed by atoms with Crippen LogP contribution in [0.2, 0.25) is 5.02 Å². The Morgan fingerprint density at radius 1 is 1.16 bits per heavy atom. The van der Waals surface area contributed by atoms with Crippen LogP contribution in [0.15, 0.2) is 42.5 Å². The van der Waals surface area contributed by atoms with Crippen molar-refractivity contribution in [1.29, 1.82) is 0 Å². The first-order chi connectivity index (χ1) is 12.0. The Kier molecular flexibility index (Phi) is 6.83.